The van der Waals surface area contributed by atoms with E-state index in [1.807, 2.05) is 36.4 Å². The van der Waals surface area contributed by atoms with Crippen molar-refractivity contribution in [2.75, 3.05) is 0 Å². The van der Waals surface area contributed by atoms with Crippen LogP contribution in [0, 0.1) is 0 Å². The summed E-state index contributed by atoms with van der Waals surface area (Å²) in [7, 11) is 0. The lowest BCUT2D eigenvalue weighted by Gasteiger charge is -2.38. The number of allylic oxidation sites excluding steroid dienone is 1. The molecule has 0 saturated heterocycles. The third-order valence-electron chi connectivity index (χ3n) is 12.4. The van der Waals surface area contributed by atoms with Crippen molar-refractivity contribution in [2.24, 2.45) is 0 Å². The zero-order chi connectivity index (χ0) is 38.5. The van der Waals surface area contributed by atoms with Gasteiger partial charge in [0.15, 0.2) is 11.6 Å². The quantitative estimate of drug-likeness (QED) is 0.177. The van der Waals surface area contributed by atoms with Crippen molar-refractivity contribution >= 4 is 33.0 Å². The van der Waals surface area contributed by atoms with E-state index in [2.05, 4.69) is 166 Å². The van der Waals surface area contributed by atoms with Crippen LogP contribution in [0.5, 0.6) is 0 Å². The number of rotatable bonds is 5. The maximum Gasteiger partial charge on any atom is 0.238 e. The van der Waals surface area contributed by atoms with Gasteiger partial charge in [-0.2, -0.15) is 9.97 Å². The van der Waals surface area contributed by atoms with Gasteiger partial charge in [0, 0.05) is 32.7 Å². The van der Waals surface area contributed by atoms with Gasteiger partial charge in [-0.25, -0.2) is 4.98 Å². The molecule has 11 rings (SSSR count). The minimum Gasteiger partial charge on any atom is -0.278 e. The Labute approximate surface area is 332 Å². The lowest BCUT2D eigenvalue weighted by atomic mass is 9.65. The van der Waals surface area contributed by atoms with Gasteiger partial charge in [-0.05, 0) is 73.9 Å². The standard InChI is InChI=1S/C53H40N4/c1-52(2)41-27-17-28-42-46(41)45(47(52)33-18-8-5-9-19-33)39-26-16-25-37(48(39)53(42,3)4)36-30-31-44-40(32-36)38-24-14-15-29-43(38)57(44)51-55-49(34-20-10-6-11-21-34)54-50(56-51)35-22-12-7-13-23-35/h5-32H,1-4H3. The molecule has 0 bridgehead atoms. The molecule has 2 aromatic heterocycles. The first kappa shape index (κ1) is 33.4. The van der Waals surface area contributed by atoms with Crippen LogP contribution in [0.1, 0.15) is 61.1 Å². The molecule has 2 aliphatic carbocycles. The van der Waals surface area contributed by atoms with Crippen LogP contribution in [0.4, 0.5) is 0 Å². The van der Waals surface area contributed by atoms with Crippen LogP contribution >= 0.6 is 0 Å². The molecule has 0 amide bonds. The summed E-state index contributed by atoms with van der Waals surface area (Å²) in [6.45, 7) is 9.62. The van der Waals surface area contributed by atoms with Gasteiger partial charge in [0.2, 0.25) is 5.95 Å². The molecule has 2 heterocycles. The highest BCUT2D eigenvalue weighted by Crippen LogP contribution is 2.60. The lowest BCUT2D eigenvalue weighted by molar-refractivity contribution is 0.628. The van der Waals surface area contributed by atoms with Crippen molar-refractivity contribution in [1.82, 2.24) is 19.5 Å². The summed E-state index contributed by atoms with van der Waals surface area (Å²) in [5, 5.41) is 2.31. The number of nitrogens with zero attached hydrogens (tertiary/aromatic N) is 4. The Morgan fingerprint density at radius 3 is 1.63 bits per heavy atom. The van der Waals surface area contributed by atoms with Crippen LogP contribution in [0.2, 0.25) is 0 Å². The molecule has 0 spiro atoms. The van der Waals surface area contributed by atoms with Crippen molar-refractivity contribution in [3.8, 4) is 39.9 Å². The number of hydrogen-bond acceptors (Lipinski definition) is 3. The molecule has 272 valence electrons. The first-order valence-corrected chi connectivity index (χ1v) is 19.8. The summed E-state index contributed by atoms with van der Waals surface area (Å²) < 4.78 is 2.20. The molecule has 0 N–H and O–H groups in total. The Balaban J connectivity index is 1.15. The summed E-state index contributed by atoms with van der Waals surface area (Å²) in [6.07, 6.45) is 0. The van der Waals surface area contributed by atoms with Crippen LogP contribution in [0.25, 0.3) is 72.8 Å². The largest absolute Gasteiger partial charge is 0.278 e. The Morgan fingerprint density at radius 2 is 0.965 bits per heavy atom. The number of aromatic nitrogens is 4. The molecule has 0 saturated carbocycles. The molecule has 9 aromatic rings. The number of fused-ring (bicyclic) bond motifs is 5. The van der Waals surface area contributed by atoms with Crippen LogP contribution < -0.4 is 0 Å². The van der Waals surface area contributed by atoms with Crippen LogP contribution in [0.15, 0.2) is 170 Å². The maximum absolute atomic E-state index is 5.15. The van der Waals surface area contributed by atoms with E-state index in [0.717, 1.165) is 32.9 Å². The minimum absolute atomic E-state index is 0.147. The van der Waals surface area contributed by atoms with Crippen molar-refractivity contribution in [1.29, 1.82) is 0 Å². The van der Waals surface area contributed by atoms with E-state index in [1.165, 1.54) is 55.7 Å². The first-order chi connectivity index (χ1) is 27.8. The Hall–Kier alpha value is -6.91. The second kappa shape index (κ2) is 12.3. The molecule has 57 heavy (non-hydrogen) atoms. The van der Waals surface area contributed by atoms with Crippen molar-refractivity contribution < 1.29 is 0 Å². The highest BCUT2D eigenvalue weighted by molar-refractivity contribution is 6.12. The van der Waals surface area contributed by atoms with Crippen molar-refractivity contribution in [3.63, 3.8) is 0 Å². The smallest absolute Gasteiger partial charge is 0.238 e. The summed E-state index contributed by atoms with van der Waals surface area (Å²) in [5.41, 5.74) is 17.1. The summed E-state index contributed by atoms with van der Waals surface area (Å²) in [4.78, 5) is 15.3. The average Bonchev–Trinajstić information content (AvgIpc) is 3.71. The second-order valence-electron chi connectivity index (χ2n) is 16.4. The predicted octanol–water partition coefficient (Wildman–Crippen LogP) is 12.9. The normalized spacial score (nSPS) is 14.9. The van der Waals surface area contributed by atoms with Gasteiger partial charge in [0.1, 0.15) is 0 Å². The van der Waals surface area contributed by atoms with E-state index in [4.69, 9.17) is 15.0 Å². The Kier molecular flexibility index (Phi) is 7.21. The van der Waals surface area contributed by atoms with Gasteiger partial charge in [-0.15, -0.1) is 0 Å². The molecule has 0 aliphatic heterocycles. The molecule has 0 radical (unpaired) electrons. The highest BCUT2D eigenvalue weighted by Gasteiger charge is 2.47. The fourth-order valence-corrected chi connectivity index (χ4v) is 9.88. The monoisotopic (exact) mass is 732 g/mol. The molecule has 4 heteroatoms. The molecule has 0 atom stereocenters. The molecular formula is C53H40N4. The lowest BCUT2D eigenvalue weighted by Crippen LogP contribution is -2.27. The molecule has 4 nitrogen and oxygen atoms in total. The number of para-hydroxylation sites is 1. The van der Waals surface area contributed by atoms with Crippen LogP contribution in [0.3, 0.4) is 0 Å². The van der Waals surface area contributed by atoms with Gasteiger partial charge >= 0.3 is 0 Å². The van der Waals surface area contributed by atoms with Crippen LogP contribution in [-0.2, 0) is 10.8 Å². The van der Waals surface area contributed by atoms with E-state index >= 15 is 0 Å². The maximum atomic E-state index is 5.15. The van der Waals surface area contributed by atoms with E-state index < -0.39 is 0 Å². The Bertz CT molecular complexity index is 3040. The topological polar surface area (TPSA) is 43.6 Å². The number of hydrogen-bond donors (Lipinski definition) is 0. The van der Waals surface area contributed by atoms with Crippen LogP contribution in [-0.4, -0.2) is 19.5 Å². The van der Waals surface area contributed by atoms with Crippen molar-refractivity contribution in [3.05, 3.63) is 203 Å². The Morgan fingerprint density at radius 1 is 0.421 bits per heavy atom. The summed E-state index contributed by atoms with van der Waals surface area (Å²) >= 11 is 0. The zero-order valence-electron chi connectivity index (χ0n) is 32.5. The minimum atomic E-state index is -0.238. The molecule has 0 fully saturated rings. The number of benzene rings is 7. The molecular weight excluding hydrogens is 693 g/mol. The zero-order valence-corrected chi connectivity index (χ0v) is 32.5. The highest BCUT2D eigenvalue weighted by atomic mass is 15.2. The fourth-order valence-electron chi connectivity index (χ4n) is 9.88. The van der Waals surface area contributed by atoms with E-state index in [1.54, 1.807) is 0 Å². The van der Waals surface area contributed by atoms with Gasteiger partial charge in [-0.1, -0.05) is 179 Å². The SMILES string of the molecule is CC1(C)C(c2ccccc2)=C2c3cccc(-c4ccc5c(c4)c4ccccc4n5-c4nc(-c5ccccc5)nc(-c5ccccc5)n4)c3C(C)(C)c3cccc1c32. The average molecular weight is 733 g/mol. The van der Waals surface area contributed by atoms with E-state index in [9.17, 15) is 0 Å². The van der Waals surface area contributed by atoms with E-state index in [-0.39, 0.29) is 10.8 Å². The molecule has 2 aliphatic rings. The van der Waals surface area contributed by atoms with Gasteiger partial charge < -0.3 is 0 Å². The summed E-state index contributed by atoms with van der Waals surface area (Å²) in [5.74, 6) is 1.88. The molecule has 7 aromatic carbocycles. The first-order valence-electron chi connectivity index (χ1n) is 19.8. The third kappa shape index (κ3) is 4.90. The fraction of sp³-hybridized carbons (Fsp3) is 0.113. The second-order valence-corrected chi connectivity index (χ2v) is 16.4. The third-order valence-corrected chi connectivity index (χ3v) is 12.4. The van der Waals surface area contributed by atoms with Gasteiger partial charge in [-0.3, -0.25) is 4.57 Å². The van der Waals surface area contributed by atoms with Crippen molar-refractivity contribution in [2.45, 2.75) is 38.5 Å². The van der Waals surface area contributed by atoms with Gasteiger partial charge in [0.25, 0.3) is 0 Å². The van der Waals surface area contributed by atoms with E-state index in [0.29, 0.717) is 17.6 Å². The van der Waals surface area contributed by atoms with Gasteiger partial charge in [0.05, 0.1) is 11.0 Å². The molecule has 0 unspecified atom stereocenters. The summed E-state index contributed by atoms with van der Waals surface area (Å²) in [6, 6.07) is 60.8. The predicted molar refractivity (Wildman–Crippen MR) is 234 cm³/mol.